The topological polar surface area (TPSA) is 145 Å². The highest BCUT2D eigenvalue weighted by Gasteiger charge is 2.20. The van der Waals surface area contributed by atoms with Crippen molar-refractivity contribution < 1.29 is 19.8 Å². The molecule has 12 nitrogen and oxygen atoms in total. The first kappa shape index (κ1) is 30.1. The van der Waals surface area contributed by atoms with E-state index >= 15 is 0 Å². The lowest BCUT2D eigenvalue weighted by Gasteiger charge is -2.32. The van der Waals surface area contributed by atoms with E-state index in [0.29, 0.717) is 34.4 Å². The fraction of sp³-hybridized carbons (Fsp3) is 0.303. The molecule has 1 aliphatic rings. The average Bonchev–Trinajstić information content (AvgIpc) is 3.63. The minimum atomic E-state index is -1.05. The Morgan fingerprint density at radius 2 is 1.91 bits per heavy atom. The van der Waals surface area contributed by atoms with Gasteiger partial charge in [0.25, 0.3) is 5.91 Å². The van der Waals surface area contributed by atoms with Crippen LogP contribution in [-0.4, -0.2) is 95.3 Å². The molecule has 0 atom stereocenters. The van der Waals surface area contributed by atoms with Crippen molar-refractivity contribution in [3.63, 3.8) is 0 Å². The van der Waals surface area contributed by atoms with Crippen molar-refractivity contribution >= 4 is 23.2 Å². The number of aromatic hydroxyl groups is 1. The molecule has 232 valence electrons. The molecule has 0 saturated carbocycles. The monoisotopic (exact) mass is 608 g/mol. The molecule has 2 aromatic carbocycles. The highest BCUT2D eigenvalue weighted by Crippen LogP contribution is 2.25. The van der Waals surface area contributed by atoms with Gasteiger partial charge in [-0.1, -0.05) is 12.1 Å². The first-order valence-corrected chi connectivity index (χ1v) is 14.8. The SMILES string of the molecule is CN1CCN(Cc2ccc3[nH]/c(=N\C(=O)c4ccnc(-c5cnn(-c6cccc(O)c6C=O)c5)c4)n(CC(C)(C)O)c3c2)CC1. The average molecular weight is 609 g/mol. The Morgan fingerprint density at radius 1 is 1.11 bits per heavy atom. The van der Waals surface area contributed by atoms with Crippen LogP contribution in [0, 0.1) is 0 Å². The number of carbonyl (C=O) groups excluding carboxylic acids is 2. The summed E-state index contributed by atoms with van der Waals surface area (Å²) in [5, 5.41) is 25.1. The maximum atomic E-state index is 13.5. The van der Waals surface area contributed by atoms with Crippen molar-refractivity contribution in [2.24, 2.45) is 4.99 Å². The number of hydrogen-bond acceptors (Lipinski definition) is 8. The molecular formula is C33H36N8O4. The highest BCUT2D eigenvalue weighted by molar-refractivity contribution is 5.95. The number of fused-ring (bicyclic) bond motifs is 1. The number of piperazine rings is 1. The Balaban J connectivity index is 1.31. The molecule has 1 saturated heterocycles. The van der Waals surface area contributed by atoms with E-state index in [1.165, 1.54) is 16.9 Å². The number of likely N-dealkylation sites (N-methyl/N-ethyl adjacent to an activating group) is 1. The predicted octanol–water partition coefficient (Wildman–Crippen LogP) is 2.99. The number of pyridine rings is 1. The zero-order valence-corrected chi connectivity index (χ0v) is 25.5. The number of benzene rings is 2. The van der Waals surface area contributed by atoms with Crippen LogP contribution < -0.4 is 5.62 Å². The molecule has 1 aliphatic heterocycles. The Kier molecular flexibility index (Phi) is 8.19. The normalized spacial score (nSPS) is 15.2. The standard InChI is InChI=1S/C33H36N8O4/c1-33(2,45)21-40-29-15-22(18-39-13-11-38(3)12-14-39)7-8-26(29)36-32(40)37-31(44)23-9-10-34-27(16-23)24-17-35-41(19-24)28-5-4-6-30(43)25(28)20-42/h4-10,15-17,19-20,43,45H,11-14,18,21H2,1-3H3,(H,36,37,44). The van der Waals surface area contributed by atoms with Crippen LogP contribution in [0.4, 0.5) is 0 Å². The third-order valence-electron chi connectivity index (χ3n) is 7.92. The molecule has 1 amide bonds. The van der Waals surface area contributed by atoms with Gasteiger partial charge in [0, 0.05) is 56.2 Å². The van der Waals surface area contributed by atoms with Gasteiger partial charge in [0.05, 0.1) is 46.3 Å². The van der Waals surface area contributed by atoms with Crippen molar-refractivity contribution in [2.45, 2.75) is 32.5 Å². The van der Waals surface area contributed by atoms with Crippen LogP contribution in [-0.2, 0) is 13.1 Å². The molecule has 5 aromatic rings. The number of amides is 1. The van der Waals surface area contributed by atoms with E-state index in [1.54, 1.807) is 50.5 Å². The third-order valence-corrected chi connectivity index (χ3v) is 7.92. The number of H-pyrrole nitrogens is 1. The summed E-state index contributed by atoms with van der Waals surface area (Å²) >= 11 is 0. The van der Waals surface area contributed by atoms with Crippen LogP contribution in [0.25, 0.3) is 28.0 Å². The van der Waals surface area contributed by atoms with E-state index in [4.69, 9.17) is 0 Å². The molecule has 0 radical (unpaired) electrons. The Hall–Kier alpha value is -4.91. The minimum Gasteiger partial charge on any atom is -0.507 e. The first-order chi connectivity index (χ1) is 21.6. The molecule has 6 rings (SSSR count). The maximum Gasteiger partial charge on any atom is 0.280 e. The number of nitrogens with zero attached hydrogens (tertiary/aromatic N) is 7. The van der Waals surface area contributed by atoms with Gasteiger partial charge >= 0.3 is 0 Å². The number of nitrogens with one attached hydrogen (secondary N) is 1. The number of aromatic amines is 1. The zero-order chi connectivity index (χ0) is 31.7. The van der Waals surface area contributed by atoms with E-state index in [0.717, 1.165) is 49.3 Å². The molecule has 3 N–H and O–H groups in total. The second-order valence-corrected chi connectivity index (χ2v) is 12.1. The van der Waals surface area contributed by atoms with Gasteiger partial charge in [-0.15, -0.1) is 0 Å². The maximum absolute atomic E-state index is 13.5. The van der Waals surface area contributed by atoms with Crippen molar-refractivity contribution in [3.8, 4) is 22.7 Å². The van der Waals surface area contributed by atoms with Gasteiger partial charge in [-0.25, -0.2) is 4.68 Å². The minimum absolute atomic E-state index is 0.118. The van der Waals surface area contributed by atoms with Crippen LogP contribution in [0.15, 0.2) is 72.1 Å². The number of phenolic OH excluding ortho intramolecular Hbond substituents is 1. The van der Waals surface area contributed by atoms with E-state index in [-0.39, 0.29) is 17.9 Å². The van der Waals surface area contributed by atoms with E-state index < -0.39 is 11.5 Å². The van der Waals surface area contributed by atoms with E-state index in [2.05, 4.69) is 49.0 Å². The van der Waals surface area contributed by atoms with Gasteiger partial charge in [-0.3, -0.25) is 19.5 Å². The first-order valence-electron chi connectivity index (χ1n) is 14.8. The molecule has 0 aliphatic carbocycles. The number of hydrogen-bond donors (Lipinski definition) is 3. The van der Waals surface area contributed by atoms with Gasteiger partial charge in [0.2, 0.25) is 5.62 Å². The summed E-state index contributed by atoms with van der Waals surface area (Å²) in [6.45, 7) is 8.58. The van der Waals surface area contributed by atoms with Crippen molar-refractivity contribution in [2.75, 3.05) is 33.2 Å². The summed E-state index contributed by atoms with van der Waals surface area (Å²) < 4.78 is 3.33. The van der Waals surface area contributed by atoms with Gasteiger partial charge in [0.1, 0.15) is 5.75 Å². The van der Waals surface area contributed by atoms with Crippen LogP contribution in [0.3, 0.4) is 0 Å². The van der Waals surface area contributed by atoms with Crippen molar-refractivity contribution in [1.29, 1.82) is 0 Å². The number of aliphatic hydroxyl groups is 1. The molecule has 45 heavy (non-hydrogen) atoms. The summed E-state index contributed by atoms with van der Waals surface area (Å²) in [5.74, 6) is -0.618. The number of aromatic nitrogens is 5. The molecular weight excluding hydrogens is 572 g/mol. The molecule has 3 aromatic heterocycles. The number of aldehydes is 1. The number of rotatable bonds is 8. The summed E-state index contributed by atoms with van der Waals surface area (Å²) in [4.78, 5) is 41.9. The second-order valence-electron chi connectivity index (χ2n) is 12.1. The number of carbonyl (C=O) groups is 2. The molecule has 4 heterocycles. The fourth-order valence-corrected chi connectivity index (χ4v) is 5.54. The zero-order valence-electron chi connectivity index (χ0n) is 25.5. The number of phenols is 1. The summed E-state index contributed by atoms with van der Waals surface area (Å²) in [6, 6.07) is 14.1. The third kappa shape index (κ3) is 6.63. The molecule has 0 spiro atoms. The van der Waals surface area contributed by atoms with Crippen molar-refractivity contribution in [3.05, 3.63) is 89.4 Å². The molecule has 1 fully saturated rings. The van der Waals surface area contributed by atoms with Gasteiger partial charge in [0.15, 0.2) is 6.29 Å². The lowest BCUT2D eigenvalue weighted by atomic mass is 10.1. The van der Waals surface area contributed by atoms with Crippen molar-refractivity contribution in [1.82, 2.24) is 34.1 Å². The summed E-state index contributed by atoms with van der Waals surface area (Å²) in [6.07, 6.45) is 5.35. The smallest absolute Gasteiger partial charge is 0.280 e. The van der Waals surface area contributed by atoms with Gasteiger partial charge < -0.3 is 24.7 Å². The highest BCUT2D eigenvalue weighted by atomic mass is 16.3. The van der Waals surface area contributed by atoms with Crippen LogP contribution >= 0.6 is 0 Å². The van der Waals surface area contributed by atoms with Gasteiger partial charge in [-0.05, 0) is 62.9 Å². The second kappa shape index (κ2) is 12.2. The van der Waals surface area contributed by atoms with E-state index in [9.17, 15) is 19.8 Å². The Morgan fingerprint density at radius 3 is 2.67 bits per heavy atom. The van der Waals surface area contributed by atoms with E-state index in [1.807, 2.05) is 10.6 Å². The largest absolute Gasteiger partial charge is 0.507 e. The molecule has 12 heteroatoms. The van der Waals surface area contributed by atoms with Crippen LogP contribution in [0.5, 0.6) is 5.75 Å². The fourth-order valence-electron chi connectivity index (χ4n) is 5.54. The molecule has 0 bridgehead atoms. The Labute approximate surface area is 259 Å². The lowest BCUT2D eigenvalue weighted by Crippen LogP contribution is -2.43. The number of imidazole rings is 1. The predicted molar refractivity (Wildman–Crippen MR) is 169 cm³/mol. The Bertz CT molecular complexity index is 1940. The summed E-state index contributed by atoms with van der Waals surface area (Å²) in [7, 11) is 2.14. The summed E-state index contributed by atoms with van der Waals surface area (Å²) in [5.41, 5.74) is 4.07. The quantitative estimate of drug-likeness (QED) is 0.228. The molecule has 0 unspecified atom stereocenters. The lowest BCUT2D eigenvalue weighted by molar-refractivity contribution is 0.0612. The van der Waals surface area contributed by atoms with Gasteiger partial charge in [-0.2, -0.15) is 10.1 Å². The van der Waals surface area contributed by atoms with Crippen LogP contribution in [0.1, 0.15) is 40.1 Å². The van der Waals surface area contributed by atoms with Crippen LogP contribution in [0.2, 0.25) is 0 Å².